The van der Waals surface area contributed by atoms with Crippen molar-refractivity contribution in [3.05, 3.63) is 70.7 Å². The molecule has 24 heavy (non-hydrogen) atoms. The lowest BCUT2D eigenvalue weighted by Gasteiger charge is -2.17. The highest BCUT2D eigenvalue weighted by Crippen LogP contribution is 2.22. The van der Waals surface area contributed by atoms with Crippen molar-refractivity contribution in [1.82, 2.24) is 14.5 Å². The van der Waals surface area contributed by atoms with Crippen LogP contribution < -0.4 is 4.72 Å². The van der Waals surface area contributed by atoms with Gasteiger partial charge in [0.15, 0.2) is 0 Å². The lowest BCUT2D eigenvalue weighted by atomic mass is 10.2. The van der Waals surface area contributed by atoms with Crippen molar-refractivity contribution in [3.63, 3.8) is 0 Å². The summed E-state index contributed by atoms with van der Waals surface area (Å²) in [4.78, 5) is 1.15. The van der Waals surface area contributed by atoms with Crippen LogP contribution in [0.2, 0.25) is 0 Å². The van der Waals surface area contributed by atoms with Gasteiger partial charge in [-0.3, -0.25) is 4.68 Å². The average molecular weight is 358 g/mol. The number of nitriles is 1. The largest absolute Gasteiger partial charge is 0.263 e. The predicted molar refractivity (Wildman–Crippen MR) is 91.0 cm³/mol. The van der Waals surface area contributed by atoms with Crippen molar-refractivity contribution >= 4 is 21.4 Å². The predicted octanol–water partition coefficient (Wildman–Crippen LogP) is 2.38. The fourth-order valence-corrected chi connectivity index (χ4v) is 4.11. The molecule has 0 radical (unpaired) electrons. The summed E-state index contributed by atoms with van der Waals surface area (Å²) in [5.74, 6) is 0. The van der Waals surface area contributed by atoms with E-state index >= 15 is 0 Å². The molecule has 0 saturated heterocycles. The number of hydrogen-bond donors (Lipinski definition) is 1. The van der Waals surface area contributed by atoms with E-state index < -0.39 is 10.0 Å². The van der Waals surface area contributed by atoms with Gasteiger partial charge in [0, 0.05) is 23.8 Å². The first-order chi connectivity index (χ1) is 11.6. The number of nitrogens with one attached hydrogen (secondary N) is 1. The van der Waals surface area contributed by atoms with E-state index in [2.05, 4.69) is 9.82 Å². The second-order valence-electron chi connectivity index (χ2n) is 5.01. The highest BCUT2D eigenvalue weighted by molar-refractivity contribution is 7.89. The third-order valence-electron chi connectivity index (χ3n) is 3.48. The molecule has 0 bridgehead atoms. The summed E-state index contributed by atoms with van der Waals surface area (Å²) in [7, 11) is -3.66. The topological polar surface area (TPSA) is 87.8 Å². The fourth-order valence-electron chi connectivity index (χ4n) is 2.25. The molecule has 2 aromatic heterocycles. The first kappa shape index (κ1) is 16.4. The summed E-state index contributed by atoms with van der Waals surface area (Å²) in [6.07, 6.45) is 3.47. The van der Waals surface area contributed by atoms with Gasteiger partial charge in [-0.2, -0.15) is 10.4 Å². The number of sulfonamides is 1. The molecule has 0 aliphatic heterocycles. The smallest absolute Gasteiger partial charge is 0.240 e. The second-order valence-corrected chi connectivity index (χ2v) is 7.75. The Hall–Kier alpha value is -2.47. The van der Waals surface area contributed by atoms with Gasteiger partial charge in [-0.25, -0.2) is 13.1 Å². The number of hydrogen-bond acceptors (Lipinski definition) is 5. The molecule has 0 aliphatic rings. The molecule has 3 rings (SSSR count). The van der Waals surface area contributed by atoms with Gasteiger partial charge in [-0.1, -0.05) is 6.07 Å². The minimum absolute atomic E-state index is 0.131. The van der Waals surface area contributed by atoms with Gasteiger partial charge in [0.2, 0.25) is 10.0 Å². The Kier molecular flexibility index (Phi) is 4.76. The Labute approximate surface area is 144 Å². The molecule has 122 valence electrons. The van der Waals surface area contributed by atoms with Crippen molar-refractivity contribution in [2.75, 3.05) is 6.54 Å². The molecule has 2 heterocycles. The first-order valence-electron chi connectivity index (χ1n) is 7.12. The van der Waals surface area contributed by atoms with Crippen LogP contribution in [0.5, 0.6) is 0 Å². The minimum Gasteiger partial charge on any atom is -0.263 e. The van der Waals surface area contributed by atoms with E-state index in [1.54, 1.807) is 34.5 Å². The number of nitrogens with zero attached hydrogens (tertiary/aromatic N) is 3. The maximum atomic E-state index is 12.5. The number of rotatable bonds is 6. The monoisotopic (exact) mass is 358 g/mol. The molecule has 0 saturated carbocycles. The molecule has 8 heteroatoms. The van der Waals surface area contributed by atoms with Crippen molar-refractivity contribution in [3.8, 4) is 6.07 Å². The molecular formula is C16H14N4O2S2. The van der Waals surface area contributed by atoms with Crippen LogP contribution in [-0.4, -0.2) is 24.7 Å². The van der Waals surface area contributed by atoms with E-state index in [-0.39, 0.29) is 17.5 Å². The fraction of sp³-hybridized carbons (Fsp3) is 0.125. The van der Waals surface area contributed by atoms with Crippen LogP contribution in [0, 0.1) is 11.3 Å². The quantitative estimate of drug-likeness (QED) is 0.733. The standard InChI is InChI=1S/C16H14N4O2S2/c17-11-13-4-6-14(7-5-13)24(21,22)19-12-15(16-3-1-10-23-16)20-9-2-8-18-20/h1-10,15,19H,12H2. The van der Waals surface area contributed by atoms with Crippen LogP contribution >= 0.6 is 11.3 Å². The van der Waals surface area contributed by atoms with Gasteiger partial charge in [-0.05, 0) is 41.8 Å². The van der Waals surface area contributed by atoms with Crippen LogP contribution in [0.15, 0.2) is 65.1 Å². The Morgan fingerprint density at radius 1 is 1.25 bits per heavy atom. The maximum absolute atomic E-state index is 12.5. The van der Waals surface area contributed by atoms with Crippen LogP contribution in [0.4, 0.5) is 0 Å². The number of benzene rings is 1. The summed E-state index contributed by atoms with van der Waals surface area (Å²) >= 11 is 1.55. The Morgan fingerprint density at radius 2 is 2.04 bits per heavy atom. The molecule has 0 spiro atoms. The summed E-state index contributed by atoms with van der Waals surface area (Å²) < 4.78 is 29.3. The van der Waals surface area contributed by atoms with Gasteiger partial charge in [0.1, 0.15) is 0 Å². The van der Waals surface area contributed by atoms with E-state index in [9.17, 15) is 8.42 Å². The van der Waals surface area contributed by atoms with Gasteiger partial charge in [0.25, 0.3) is 0 Å². The molecule has 1 atom stereocenters. The van der Waals surface area contributed by atoms with Crippen molar-refractivity contribution in [2.24, 2.45) is 0 Å². The number of aromatic nitrogens is 2. The van der Waals surface area contributed by atoms with Crippen molar-refractivity contribution < 1.29 is 8.42 Å². The summed E-state index contributed by atoms with van der Waals surface area (Å²) in [5.41, 5.74) is 0.418. The highest BCUT2D eigenvalue weighted by atomic mass is 32.2. The van der Waals surface area contributed by atoms with Crippen LogP contribution in [0.25, 0.3) is 0 Å². The van der Waals surface area contributed by atoms with Crippen LogP contribution in [0.1, 0.15) is 16.5 Å². The molecule has 1 aromatic carbocycles. The maximum Gasteiger partial charge on any atom is 0.240 e. The van der Waals surface area contributed by atoms with E-state index in [1.807, 2.05) is 23.6 Å². The van der Waals surface area contributed by atoms with Crippen molar-refractivity contribution in [2.45, 2.75) is 10.9 Å². The van der Waals surface area contributed by atoms with Crippen molar-refractivity contribution in [1.29, 1.82) is 5.26 Å². The summed E-state index contributed by atoms with van der Waals surface area (Å²) in [6, 6.07) is 13.2. The average Bonchev–Trinajstić information content (AvgIpc) is 3.29. The molecule has 3 aromatic rings. The third-order valence-corrected chi connectivity index (χ3v) is 5.89. The molecule has 6 nitrogen and oxygen atoms in total. The lowest BCUT2D eigenvalue weighted by molar-refractivity contribution is 0.511. The van der Waals surface area contributed by atoms with Crippen LogP contribution in [-0.2, 0) is 10.0 Å². The third kappa shape index (κ3) is 3.54. The summed E-state index contributed by atoms with van der Waals surface area (Å²) in [5, 5.41) is 15.0. The lowest BCUT2D eigenvalue weighted by Crippen LogP contribution is -2.31. The second kappa shape index (κ2) is 6.97. The van der Waals surface area contributed by atoms with Crippen LogP contribution in [0.3, 0.4) is 0 Å². The van der Waals surface area contributed by atoms with E-state index in [0.29, 0.717) is 5.56 Å². The highest BCUT2D eigenvalue weighted by Gasteiger charge is 2.20. The zero-order valence-corrected chi connectivity index (χ0v) is 14.2. The Bertz CT molecular complexity index is 891. The van der Waals surface area contributed by atoms with E-state index in [0.717, 1.165) is 4.88 Å². The van der Waals surface area contributed by atoms with Gasteiger partial charge in [0.05, 0.1) is 22.6 Å². The Morgan fingerprint density at radius 3 is 2.62 bits per heavy atom. The van der Waals surface area contributed by atoms with Gasteiger partial charge >= 0.3 is 0 Å². The SMILES string of the molecule is N#Cc1ccc(S(=O)(=O)NCC(c2cccs2)n2cccn2)cc1. The Balaban J connectivity index is 1.80. The first-order valence-corrected chi connectivity index (χ1v) is 9.49. The summed E-state index contributed by atoms with van der Waals surface area (Å²) in [6.45, 7) is 0.185. The molecular weight excluding hydrogens is 344 g/mol. The van der Waals surface area contributed by atoms with Gasteiger partial charge < -0.3 is 0 Å². The normalized spacial score (nSPS) is 12.6. The minimum atomic E-state index is -3.66. The zero-order chi connectivity index (χ0) is 17.0. The molecule has 0 aliphatic carbocycles. The molecule has 0 fully saturated rings. The van der Waals surface area contributed by atoms with E-state index in [4.69, 9.17) is 5.26 Å². The van der Waals surface area contributed by atoms with E-state index in [1.165, 1.54) is 24.3 Å². The van der Waals surface area contributed by atoms with Gasteiger partial charge in [-0.15, -0.1) is 11.3 Å². The molecule has 1 N–H and O–H groups in total. The molecule has 1 unspecified atom stereocenters. The zero-order valence-electron chi connectivity index (χ0n) is 12.5. The molecule has 0 amide bonds. The number of thiophene rings is 1.